The second-order valence-electron chi connectivity index (χ2n) is 4.27. The maximum atomic E-state index is 9.17. The van der Waals surface area contributed by atoms with Crippen molar-refractivity contribution in [1.82, 2.24) is 15.2 Å². The van der Waals surface area contributed by atoms with Gasteiger partial charge in [0.15, 0.2) is 5.69 Å². The molecule has 0 radical (unpaired) electrons. The maximum Gasteiger partial charge on any atom is 0.186 e. The van der Waals surface area contributed by atoms with Crippen LogP contribution in [0, 0.1) is 18.3 Å². The van der Waals surface area contributed by atoms with Crippen LogP contribution in [0.5, 0.6) is 0 Å². The number of benzene rings is 1. The molecule has 2 aromatic heterocycles. The van der Waals surface area contributed by atoms with E-state index in [1.165, 1.54) is 4.88 Å². The minimum atomic E-state index is 0.303. The van der Waals surface area contributed by atoms with E-state index < -0.39 is 0 Å². The Hall–Kier alpha value is -2.52. The first-order valence-electron chi connectivity index (χ1n) is 6.08. The second kappa shape index (κ2) is 5.23. The zero-order valence-electron chi connectivity index (χ0n) is 10.8. The number of nitrogens with zero attached hydrogens (tertiary/aromatic N) is 4. The highest BCUT2D eigenvalue weighted by Crippen LogP contribution is 2.24. The molecule has 0 saturated carbocycles. The van der Waals surface area contributed by atoms with E-state index in [1.54, 1.807) is 11.3 Å². The van der Waals surface area contributed by atoms with Gasteiger partial charge < -0.3 is 5.32 Å². The molecule has 0 aliphatic heterocycles. The molecular formula is C14H11N5S. The van der Waals surface area contributed by atoms with Crippen molar-refractivity contribution in [2.24, 2.45) is 0 Å². The summed E-state index contributed by atoms with van der Waals surface area (Å²) in [5.74, 6) is 0. The van der Waals surface area contributed by atoms with Crippen LogP contribution in [0.4, 0.5) is 5.69 Å². The average molecular weight is 281 g/mol. The van der Waals surface area contributed by atoms with E-state index in [2.05, 4.69) is 26.6 Å². The third-order valence-corrected chi connectivity index (χ3v) is 3.77. The van der Waals surface area contributed by atoms with E-state index in [-0.39, 0.29) is 0 Å². The lowest BCUT2D eigenvalue weighted by atomic mass is 10.1. The zero-order chi connectivity index (χ0) is 13.9. The predicted molar refractivity (Wildman–Crippen MR) is 78.4 cm³/mol. The quantitative estimate of drug-likeness (QED) is 0.799. The molecule has 0 atom stereocenters. The minimum absolute atomic E-state index is 0.303. The Balaban J connectivity index is 1.98. The highest BCUT2D eigenvalue weighted by Gasteiger charge is 2.10. The minimum Gasteiger partial charge on any atom is -0.376 e. The summed E-state index contributed by atoms with van der Waals surface area (Å²) in [5.41, 5.74) is 1.78. The van der Waals surface area contributed by atoms with Gasteiger partial charge in [0, 0.05) is 16.5 Å². The predicted octanol–water partition coefficient (Wildman–Crippen LogP) is 2.88. The van der Waals surface area contributed by atoms with Crippen LogP contribution in [0.15, 0.2) is 30.5 Å². The summed E-state index contributed by atoms with van der Waals surface area (Å²) in [4.78, 5) is 5.47. The van der Waals surface area contributed by atoms with Gasteiger partial charge in [0.25, 0.3) is 0 Å². The van der Waals surface area contributed by atoms with E-state index in [0.29, 0.717) is 17.9 Å². The van der Waals surface area contributed by atoms with Crippen molar-refractivity contribution in [2.45, 2.75) is 13.5 Å². The number of aromatic nitrogens is 3. The maximum absolute atomic E-state index is 9.17. The molecule has 6 heteroatoms. The number of fused-ring (bicyclic) bond motifs is 1. The van der Waals surface area contributed by atoms with Crippen molar-refractivity contribution in [2.75, 3.05) is 5.32 Å². The van der Waals surface area contributed by atoms with E-state index in [0.717, 1.165) is 15.9 Å². The Morgan fingerprint density at radius 1 is 1.30 bits per heavy atom. The van der Waals surface area contributed by atoms with Gasteiger partial charge in [0.2, 0.25) is 0 Å². The Morgan fingerprint density at radius 2 is 2.15 bits per heavy atom. The van der Waals surface area contributed by atoms with E-state index in [4.69, 9.17) is 0 Å². The number of nitriles is 1. The highest BCUT2D eigenvalue weighted by atomic mass is 32.1. The van der Waals surface area contributed by atoms with Crippen molar-refractivity contribution in [1.29, 1.82) is 5.26 Å². The smallest absolute Gasteiger partial charge is 0.186 e. The van der Waals surface area contributed by atoms with Crippen LogP contribution in [0.2, 0.25) is 0 Å². The summed E-state index contributed by atoms with van der Waals surface area (Å²) in [7, 11) is 0. The largest absolute Gasteiger partial charge is 0.376 e. The number of nitrogens with one attached hydrogen (secondary N) is 1. The molecule has 1 N–H and O–H groups in total. The standard InChI is InChI=1S/C14H11N5S/c1-9-7-16-13(20-9)8-17-14-10-4-2-3-5-11(10)18-19-12(14)6-15/h2-5,7H,8H2,1H3,(H,17,18). The summed E-state index contributed by atoms with van der Waals surface area (Å²) in [6.07, 6.45) is 1.84. The number of anilines is 1. The van der Waals surface area contributed by atoms with Gasteiger partial charge in [-0.3, -0.25) is 0 Å². The molecule has 1 aromatic carbocycles. The van der Waals surface area contributed by atoms with Crippen LogP contribution in [0.1, 0.15) is 15.6 Å². The van der Waals surface area contributed by atoms with Gasteiger partial charge >= 0.3 is 0 Å². The third kappa shape index (κ3) is 2.31. The normalized spacial score (nSPS) is 10.4. The van der Waals surface area contributed by atoms with Gasteiger partial charge in [-0.05, 0) is 13.0 Å². The molecule has 0 fully saturated rings. The molecule has 0 amide bonds. The molecule has 3 aromatic rings. The van der Waals surface area contributed by atoms with Gasteiger partial charge in [-0.25, -0.2) is 4.98 Å². The molecule has 0 bridgehead atoms. The van der Waals surface area contributed by atoms with Crippen LogP contribution in [0.3, 0.4) is 0 Å². The highest BCUT2D eigenvalue weighted by molar-refractivity contribution is 7.11. The zero-order valence-corrected chi connectivity index (χ0v) is 11.6. The van der Waals surface area contributed by atoms with Crippen LogP contribution in [-0.2, 0) is 6.54 Å². The van der Waals surface area contributed by atoms with E-state index >= 15 is 0 Å². The number of hydrogen-bond acceptors (Lipinski definition) is 6. The number of rotatable bonds is 3. The SMILES string of the molecule is Cc1cnc(CNc2c(C#N)nnc3ccccc23)s1. The van der Waals surface area contributed by atoms with Crippen molar-refractivity contribution in [3.63, 3.8) is 0 Å². The fourth-order valence-electron chi connectivity index (χ4n) is 1.96. The fraction of sp³-hybridized carbons (Fsp3) is 0.143. The van der Waals surface area contributed by atoms with Gasteiger partial charge in [-0.1, -0.05) is 18.2 Å². The average Bonchev–Trinajstić information content (AvgIpc) is 2.90. The van der Waals surface area contributed by atoms with Crippen LogP contribution >= 0.6 is 11.3 Å². The lowest BCUT2D eigenvalue weighted by Gasteiger charge is -2.08. The summed E-state index contributed by atoms with van der Waals surface area (Å²) in [6.45, 7) is 2.59. The Bertz CT molecular complexity index is 803. The van der Waals surface area contributed by atoms with Crippen molar-refractivity contribution < 1.29 is 0 Å². The van der Waals surface area contributed by atoms with Crippen LogP contribution < -0.4 is 5.32 Å². The van der Waals surface area contributed by atoms with Gasteiger partial charge in [-0.2, -0.15) is 5.26 Å². The molecule has 0 aliphatic carbocycles. The number of hydrogen-bond donors (Lipinski definition) is 1. The topological polar surface area (TPSA) is 74.5 Å². The molecule has 20 heavy (non-hydrogen) atoms. The first-order valence-corrected chi connectivity index (χ1v) is 6.90. The van der Waals surface area contributed by atoms with Crippen molar-refractivity contribution in [3.05, 3.63) is 46.0 Å². The summed E-state index contributed by atoms with van der Waals surface area (Å²) < 4.78 is 0. The molecular weight excluding hydrogens is 270 g/mol. The summed E-state index contributed by atoms with van der Waals surface area (Å²) in [6, 6.07) is 9.70. The molecule has 2 heterocycles. The molecule has 98 valence electrons. The van der Waals surface area contributed by atoms with Gasteiger partial charge in [0.05, 0.1) is 17.7 Å². The van der Waals surface area contributed by atoms with Gasteiger partial charge in [-0.15, -0.1) is 21.5 Å². The Labute approximate surface area is 119 Å². The Kier molecular flexibility index (Phi) is 3.27. The fourth-order valence-corrected chi connectivity index (χ4v) is 2.68. The molecule has 0 spiro atoms. The molecule has 3 rings (SSSR count). The van der Waals surface area contributed by atoms with Crippen LogP contribution in [0.25, 0.3) is 10.9 Å². The number of aryl methyl sites for hydroxylation is 1. The first kappa shape index (κ1) is 12.5. The number of thiazole rings is 1. The van der Waals surface area contributed by atoms with Crippen molar-refractivity contribution >= 4 is 27.9 Å². The molecule has 0 unspecified atom stereocenters. The summed E-state index contributed by atoms with van der Waals surface area (Å²) in [5, 5.41) is 22.3. The monoisotopic (exact) mass is 281 g/mol. The molecule has 5 nitrogen and oxygen atoms in total. The third-order valence-electron chi connectivity index (χ3n) is 2.86. The van der Waals surface area contributed by atoms with Crippen LogP contribution in [-0.4, -0.2) is 15.2 Å². The second-order valence-corrected chi connectivity index (χ2v) is 5.59. The Morgan fingerprint density at radius 3 is 2.90 bits per heavy atom. The van der Waals surface area contributed by atoms with Gasteiger partial charge in [0.1, 0.15) is 11.1 Å². The van der Waals surface area contributed by atoms with E-state index in [1.807, 2.05) is 37.4 Å². The molecule has 0 aliphatic rings. The van der Waals surface area contributed by atoms with Crippen molar-refractivity contribution in [3.8, 4) is 6.07 Å². The first-order chi connectivity index (χ1) is 9.78. The molecule has 0 saturated heterocycles. The lowest BCUT2D eigenvalue weighted by Crippen LogP contribution is -2.04. The lowest BCUT2D eigenvalue weighted by molar-refractivity contribution is 1.03. The summed E-state index contributed by atoms with van der Waals surface area (Å²) >= 11 is 1.63. The van der Waals surface area contributed by atoms with E-state index in [9.17, 15) is 5.26 Å².